The highest BCUT2D eigenvalue weighted by molar-refractivity contribution is 5.94. The van der Waals surface area contributed by atoms with Crippen LogP contribution in [0.1, 0.15) is 27.2 Å². The summed E-state index contributed by atoms with van der Waals surface area (Å²) in [5.74, 6) is 0.884. The van der Waals surface area contributed by atoms with E-state index in [2.05, 4.69) is 22.9 Å². The van der Waals surface area contributed by atoms with Gasteiger partial charge in [-0.05, 0) is 56.2 Å². The Kier molecular flexibility index (Phi) is 5.31. The van der Waals surface area contributed by atoms with Crippen LogP contribution in [0, 0.1) is 20.8 Å². The van der Waals surface area contributed by atoms with E-state index in [1.807, 2.05) is 18.0 Å². The van der Waals surface area contributed by atoms with Crippen molar-refractivity contribution >= 4 is 11.7 Å². The third-order valence-corrected chi connectivity index (χ3v) is 5.88. The van der Waals surface area contributed by atoms with E-state index in [1.54, 1.807) is 31.2 Å². The van der Waals surface area contributed by atoms with Crippen LogP contribution in [0.15, 0.2) is 41.3 Å². The van der Waals surface area contributed by atoms with Gasteiger partial charge in [-0.3, -0.25) is 13.9 Å². The zero-order valence-electron chi connectivity index (χ0n) is 18.3. The fourth-order valence-corrected chi connectivity index (χ4v) is 4.13. The van der Waals surface area contributed by atoms with Crippen LogP contribution in [0.4, 0.5) is 5.82 Å². The maximum Gasteiger partial charge on any atom is 0.335 e. The zero-order chi connectivity index (χ0) is 22.3. The highest BCUT2D eigenvalue weighted by atomic mass is 16.3. The molecule has 1 aliphatic heterocycles. The van der Waals surface area contributed by atoms with Gasteiger partial charge in [-0.15, -0.1) is 0 Å². The summed E-state index contributed by atoms with van der Waals surface area (Å²) in [6.07, 6.45) is 1.88. The molecule has 1 amide bonds. The van der Waals surface area contributed by atoms with Crippen LogP contribution in [0.5, 0.6) is 5.88 Å². The van der Waals surface area contributed by atoms with Crippen LogP contribution in [-0.2, 0) is 7.05 Å². The van der Waals surface area contributed by atoms with E-state index in [0.717, 1.165) is 30.0 Å². The number of imidazole rings is 1. The number of amides is 1. The van der Waals surface area contributed by atoms with Crippen molar-refractivity contribution in [1.29, 1.82) is 0 Å². The van der Waals surface area contributed by atoms with Crippen LogP contribution in [0.25, 0.3) is 5.69 Å². The Hall–Kier alpha value is -3.55. The van der Waals surface area contributed by atoms with Gasteiger partial charge in [-0.1, -0.05) is 6.07 Å². The molecule has 0 radical (unpaired) electrons. The molecule has 1 aromatic carbocycles. The number of nitrogens with zero attached hydrogens (tertiary/aromatic N) is 5. The molecule has 8 heteroatoms. The Morgan fingerprint density at radius 2 is 1.68 bits per heavy atom. The Balaban J connectivity index is 1.46. The Morgan fingerprint density at radius 3 is 2.23 bits per heavy atom. The van der Waals surface area contributed by atoms with Crippen LogP contribution in [0.2, 0.25) is 0 Å². The molecule has 4 rings (SSSR count). The number of rotatable bonds is 3. The molecule has 3 heterocycles. The minimum Gasteiger partial charge on any atom is -0.493 e. The maximum atomic E-state index is 13.0. The minimum absolute atomic E-state index is 0.0280. The van der Waals surface area contributed by atoms with Crippen molar-refractivity contribution in [2.45, 2.75) is 20.8 Å². The number of benzene rings is 1. The molecule has 1 aliphatic rings. The molecule has 162 valence electrons. The lowest BCUT2D eigenvalue weighted by Gasteiger charge is -2.36. The molecule has 0 unspecified atom stereocenters. The number of anilines is 1. The summed E-state index contributed by atoms with van der Waals surface area (Å²) in [7, 11) is 1.52. The average Bonchev–Trinajstić information content (AvgIpc) is 2.96. The van der Waals surface area contributed by atoms with Gasteiger partial charge in [0.15, 0.2) is 0 Å². The Bertz CT molecular complexity index is 1190. The predicted octanol–water partition coefficient (Wildman–Crippen LogP) is 2.16. The lowest BCUT2D eigenvalue weighted by molar-refractivity contribution is 0.0746. The van der Waals surface area contributed by atoms with E-state index >= 15 is 0 Å². The first-order valence-electron chi connectivity index (χ1n) is 10.3. The van der Waals surface area contributed by atoms with Gasteiger partial charge in [0.25, 0.3) is 5.91 Å². The number of piperazine rings is 1. The minimum atomic E-state index is -0.329. The van der Waals surface area contributed by atoms with Crippen LogP contribution in [0.3, 0.4) is 0 Å². The van der Waals surface area contributed by atoms with Gasteiger partial charge in [-0.25, -0.2) is 9.78 Å². The van der Waals surface area contributed by atoms with Crippen molar-refractivity contribution in [3.8, 4) is 11.6 Å². The van der Waals surface area contributed by atoms with E-state index in [-0.39, 0.29) is 17.5 Å². The molecule has 31 heavy (non-hydrogen) atoms. The number of aromatic nitrogens is 3. The lowest BCUT2D eigenvalue weighted by Crippen LogP contribution is -2.49. The highest BCUT2D eigenvalue weighted by Gasteiger charge is 2.24. The molecule has 1 saturated heterocycles. The summed E-state index contributed by atoms with van der Waals surface area (Å²) in [5.41, 5.74) is 3.61. The molecule has 3 aromatic rings. The number of pyridine rings is 1. The first-order valence-corrected chi connectivity index (χ1v) is 10.3. The summed E-state index contributed by atoms with van der Waals surface area (Å²) >= 11 is 0. The molecule has 0 saturated carbocycles. The summed E-state index contributed by atoms with van der Waals surface area (Å²) in [5, 5.41) is 9.99. The fourth-order valence-electron chi connectivity index (χ4n) is 4.13. The molecule has 0 bridgehead atoms. The van der Waals surface area contributed by atoms with Crippen molar-refractivity contribution in [3.05, 3.63) is 69.4 Å². The van der Waals surface area contributed by atoms with Gasteiger partial charge in [0.2, 0.25) is 5.88 Å². The number of aryl methyl sites for hydroxylation is 2. The van der Waals surface area contributed by atoms with Gasteiger partial charge in [0, 0.05) is 45.0 Å². The molecule has 1 N–H and O–H groups in total. The number of hydrogen-bond acceptors (Lipinski definition) is 5. The summed E-state index contributed by atoms with van der Waals surface area (Å²) in [4.78, 5) is 34.0. The van der Waals surface area contributed by atoms with Crippen LogP contribution >= 0.6 is 0 Å². The second-order valence-corrected chi connectivity index (χ2v) is 8.07. The van der Waals surface area contributed by atoms with E-state index < -0.39 is 0 Å². The quantitative estimate of drug-likeness (QED) is 0.701. The zero-order valence-corrected chi connectivity index (χ0v) is 18.3. The number of carbonyl (C=O) groups excluding carboxylic acids is 1. The van der Waals surface area contributed by atoms with Gasteiger partial charge in [0.05, 0.1) is 11.4 Å². The number of aromatic hydroxyl groups is 1. The maximum absolute atomic E-state index is 13.0. The molecular weight excluding hydrogens is 394 g/mol. The third-order valence-electron chi connectivity index (χ3n) is 5.88. The Labute approximate surface area is 181 Å². The van der Waals surface area contributed by atoms with Gasteiger partial charge < -0.3 is 14.9 Å². The molecule has 2 aromatic heterocycles. The van der Waals surface area contributed by atoms with E-state index in [4.69, 9.17) is 0 Å². The van der Waals surface area contributed by atoms with Gasteiger partial charge in [-0.2, -0.15) is 0 Å². The summed E-state index contributed by atoms with van der Waals surface area (Å²) < 4.78 is 2.62. The normalized spacial score (nSPS) is 14.2. The van der Waals surface area contributed by atoms with Crippen molar-refractivity contribution in [2.24, 2.45) is 7.05 Å². The first-order chi connectivity index (χ1) is 14.8. The van der Waals surface area contributed by atoms with Crippen LogP contribution in [-0.4, -0.2) is 56.2 Å². The second-order valence-electron chi connectivity index (χ2n) is 8.07. The molecule has 1 fully saturated rings. The summed E-state index contributed by atoms with van der Waals surface area (Å²) in [6, 6.07) is 9.05. The third kappa shape index (κ3) is 3.69. The predicted molar refractivity (Wildman–Crippen MR) is 119 cm³/mol. The van der Waals surface area contributed by atoms with Crippen LogP contribution < -0.4 is 10.6 Å². The van der Waals surface area contributed by atoms with Gasteiger partial charge in [0.1, 0.15) is 5.82 Å². The molecular formula is C23H27N5O3. The molecule has 8 nitrogen and oxygen atoms in total. The summed E-state index contributed by atoms with van der Waals surface area (Å²) in [6.45, 7) is 8.50. The Morgan fingerprint density at radius 1 is 1.03 bits per heavy atom. The SMILES string of the molecule is Cc1cnc(N2CCN(C(=O)c3ccc(-n4c(C)c(O)n(C)c4=O)cc3)CC2)c(C)c1. The van der Waals surface area contributed by atoms with E-state index in [9.17, 15) is 14.7 Å². The highest BCUT2D eigenvalue weighted by Crippen LogP contribution is 2.21. The van der Waals surface area contributed by atoms with Gasteiger partial charge >= 0.3 is 5.69 Å². The van der Waals surface area contributed by atoms with E-state index in [0.29, 0.717) is 30.0 Å². The fraction of sp³-hybridized carbons (Fsp3) is 0.348. The van der Waals surface area contributed by atoms with Crippen molar-refractivity contribution in [2.75, 3.05) is 31.1 Å². The standard InChI is InChI=1S/C23H27N5O3/c1-15-13-16(2)20(24-14-15)26-9-11-27(12-10-26)22(30)18-5-7-19(8-6-18)28-17(3)21(29)25(4)23(28)31/h5-8,13-14,29H,9-12H2,1-4H3. The second kappa shape index (κ2) is 7.94. The molecule has 0 aliphatic carbocycles. The largest absolute Gasteiger partial charge is 0.493 e. The average molecular weight is 422 g/mol. The monoisotopic (exact) mass is 421 g/mol. The van der Waals surface area contributed by atoms with E-state index in [1.165, 1.54) is 16.2 Å². The smallest absolute Gasteiger partial charge is 0.335 e. The number of hydrogen-bond donors (Lipinski definition) is 1. The van der Waals surface area contributed by atoms with Crippen molar-refractivity contribution in [1.82, 2.24) is 19.0 Å². The van der Waals surface area contributed by atoms with Crippen molar-refractivity contribution in [3.63, 3.8) is 0 Å². The topological polar surface area (TPSA) is 83.6 Å². The van der Waals surface area contributed by atoms with Crippen molar-refractivity contribution < 1.29 is 9.90 Å². The number of carbonyl (C=O) groups is 1. The molecule has 0 spiro atoms. The molecule has 0 atom stereocenters. The lowest BCUT2D eigenvalue weighted by atomic mass is 10.1. The first kappa shape index (κ1) is 20.7.